The van der Waals surface area contributed by atoms with Gasteiger partial charge in [-0.2, -0.15) is 5.26 Å². The van der Waals surface area contributed by atoms with Crippen LogP contribution in [0.15, 0.2) is 23.1 Å². The molecule has 1 aromatic carbocycles. The molecule has 0 aliphatic carbocycles. The molecule has 1 rings (SSSR count). The summed E-state index contributed by atoms with van der Waals surface area (Å²) < 4.78 is 0. The van der Waals surface area contributed by atoms with Gasteiger partial charge in [-0.15, -0.1) is 11.8 Å². The molecule has 6 nitrogen and oxygen atoms in total. The summed E-state index contributed by atoms with van der Waals surface area (Å²) >= 11 is 1.02. The second-order valence-corrected chi connectivity index (χ2v) is 4.65. The van der Waals surface area contributed by atoms with Crippen molar-refractivity contribution in [3.8, 4) is 6.07 Å². The predicted octanol–water partition coefficient (Wildman–Crippen LogP) is 2.42. The van der Waals surface area contributed by atoms with Gasteiger partial charge in [0.05, 0.1) is 10.5 Å². The van der Waals surface area contributed by atoms with E-state index in [-0.39, 0.29) is 11.3 Å². The molecule has 0 bridgehead atoms. The number of aliphatic carboxylic acids is 1. The van der Waals surface area contributed by atoms with Crippen LogP contribution in [-0.4, -0.2) is 21.2 Å². The van der Waals surface area contributed by atoms with E-state index in [1.54, 1.807) is 6.92 Å². The topological polar surface area (TPSA) is 104 Å². The van der Waals surface area contributed by atoms with E-state index < -0.39 is 16.1 Å². The van der Waals surface area contributed by atoms with E-state index >= 15 is 0 Å². The molecule has 0 saturated heterocycles. The molecule has 0 fully saturated rings. The van der Waals surface area contributed by atoms with Crippen molar-refractivity contribution in [2.24, 2.45) is 0 Å². The zero-order chi connectivity index (χ0) is 13.7. The fraction of sp³-hybridized carbons (Fsp3) is 0.273. The predicted molar refractivity (Wildman–Crippen MR) is 65.4 cm³/mol. The molecule has 0 aliphatic rings. The van der Waals surface area contributed by atoms with Crippen LogP contribution in [0.2, 0.25) is 0 Å². The van der Waals surface area contributed by atoms with E-state index in [1.807, 2.05) is 6.07 Å². The highest BCUT2D eigenvalue weighted by atomic mass is 32.2. The number of nitro benzene ring substituents is 1. The molecule has 18 heavy (non-hydrogen) atoms. The maximum atomic E-state index is 10.9. The van der Waals surface area contributed by atoms with Gasteiger partial charge in [0, 0.05) is 17.0 Å². The lowest BCUT2D eigenvalue weighted by molar-refractivity contribution is -0.384. The molecule has 1 unspecified atom stereocenters. The summed E-state index contributed by atoms with van der Waals surface area (Å²) in [6.45, 7) is 1.73. The molecule has 0 aliphatic heterocycles. The van der Waals surface area contributed by atoms with Gasteiger partial charge in [-0.3, -0.25) is 14.9 Å². The van der Waals surface area contributed by atoms with Crippen molar-refractivity contribution in [1.82, 2.24) is 0 Å². The van der Waals surface area contributed by atoms with Gasteiger partial charge in [-0.1, -0.05) is 6.92 Å². The van der Waals surface area contributed by atoms with Gasteiger partial charge >= 0.3 is 5.97 Å². The summed E-state index contributed by atoms with van der Waals surface area (Å²) in [6.07, 6.45) is 0.405. The molecule has 0 heterocycles. The summed E-state index contributed by atoms with van der Waals surface area (Å²) in [7, 11) is 0. The Kier molecular flexibility index (Phi) is 4.68. The third kappa shape index (κ3) is 3.21. The van der Waals surface area contributed by atoms with E-state index in [0.717, 1.165) is 17.8 Å². The average Bonchev–Trinajstić information content (AvgIpc) is 2.35. The second kappa shape index (κ2) is 6.02. The highest BCUT2D eigenvalue weighted by Gasteiger charge is 2.19. The van der Waals surface area contributed by atoms with Gasteiger partial charge in [-0.25, -0.2) is 0 Å². The van der Waals surface area contributed by atoms with Crippen LogP contribution in [0.1, 0.15) is 18.9 Å². The van der Waals surface area contributed by atoms with Crippen LogP contribution in [0.4, 0.5) is 5.69 Å². The van der Waals surface area contributed by atoms with Crippen LogP contribution < -0.4 is 0 Å². The number of non-ortho nitro benzene ring substituents is 1. The number of carbonyl (C=O) groups is 1. The smallest absolute Gasteiger partial charge is 0.316 e. The third-order valence-electron chi connectivity index (χ3n) is 2.21. The molecule has 0 amide bonds. The van der Waals surface area contributed by atoms with Crippen LogP contribution in [-0.2, 0) is 4.79 Å². The zero-order valence-corrected chi connectivity index (χ0v) is 10.3. The average molecular weight is 266 g/mol. The number of carboxylic acid groups (broad SMARTS) is 1. The number of thioether (sulfide) groups is 1. The minimum absolute atomic E-state index is 0.119. The van der Waals surface area contributed by atoms with E-state index in [0.29, 0.717) is 11.3 Å². The second-order valence-electron chi connectivity index (χ2n) is 3.40. The van der Waals surface area contributed by atoms with Crippen molar-refractivity contribution in [3.63, 3.8) is 0 Å². The molecule has 7 heteroatoms. The van der Waals surface area contributed by atoms with Crippen LogP contribution in [0.3, 0.4) is 0 Å². The Labute approximate surface area is 107 Å². The van der Waals surface area contributed by atoms with Gasteiger partial charge in [0.1, 0.15) is 11.3 Å². The number of hydrogen-bond acceptors (Lipinski definition) is 5. The quantitative estimate of drug-likeness (QED) is 0.498. The lowest BCUT2D eigenvalue weighted by atomic mass is 10.2. The number of nitrogens with zero attached hydrogens (tertiary/aromatic N) is 2. The standard InChI is InChI=1S/C11H10N2O4S/c1-2-9(11(14)15)18-10-4-3-8(13(16)17)5-7(10)6-12/h3-5,9H,2H2,1H3,(H,14,15). The molecule has 0 spiro atoms. The number of nitriles is 1. The SMILES string of the molecule is CCC(Sc1ccc([N+](=O)[O-])cc1C#N)C(=O)O. The molecular formula is C11H10N2O4S. The van der Waals surface area contributed by atoms with Crippen molar-refractivity contribution in [1.29, 1.82) is 5.26 Å². The van der Waals surface area contributed by atoms with Crippen LogP contribution in [0.5, 0.6) is 0 Å². The molecular weight excluding hydrogens is 256 g/mol. The first-order valence-electron chi connectivity index (χ1n) is 5.07. The van der Waals surface area contributed by atoms with Gasteiger partial charge < -0.3 is 5.11 Å². The Balaban J connectivity index is 3.07. The van der Waals surface area contributed by atoms with E-state index in [4.69, 9.17) is 10.4 Å². The number of rotatable bonds is 5. The molecule has 94 valence electrons. The zero-order valence-electron chi connectivity index (χ0n) is 9.49. The lowest BCUT2D eigenvalue weighted by Crippen LogP contribution is -2.14. The first-order chi connectivity index (χ1) is 8.49. The third-order valence-corrected chi connectivity index (χ3v) is 3.64. The summed E-state index contributed by atoms with van der Waals surface area (Å²) in [5, 5.41) is 27.7. The van der Waals surface area contributed by atoms with Crippen LogP contribution in [0.25, 0.3) is 0 Å². The molecule has 0 saturated carbocycles. The maximum absolute atomic E-state index is 10.9. The van der Waals surface area contributed by atoms with Gasteiger partial charge in [0.15, 0.2) is 0 Å². The van der Waals surface area contributed by atoms with Gasteiger partial charge in [0.25, 0.3) is 5.69 Å². The Hall–Kier alpha value is -2.07. The number of nitro groups is 1. The summed E-state index contributed by atoms with van der Waals surface area (Å²) in [5.41, 5.74) is -0.0619. The molecule has 1 aromatic rings. The Bertz CT molecular complexity index is 524. The largest absolute Gasteiger partial charge is 0.480 e. The first kappa shape index (κ1) is 14.0. The molecule has 0 aromatic heterocycles. The van der Waals surface area contributed by atoms with Gasteiger partial charge in [-0.05, 0) is 12.5 Å². The molecule has 1 N–H and O–H groups in total. The van der Waals surface area contributed by atoms with Crippen molar-refractivity contribution >= 4 is 23.4 Å². The fourth-order valence-electron chi connectivity index (χ4n) is 1.28. The van der Waals surface area contributed by atoms with Crippen molar-refractivity contribution in [3.05, 3.63) is 33.9 Å². The molecule has 1 atom stereocenters. The van der Waals surface area contributed by atoms with Crippen molar-refractivity contribution in [2.45, 2.75) is 23.5 Å². The number of hydrogen-bond donors (Lipinski definition) is 1. The summed E-state index contributed by atoms with van der Waals surface area (Å²) in [4.78, 5) is 21.3. The lowest BCUT2D eigenvalue weighted by Gasteiger charge is -2.10. The maximum Gasteiger partial charge on any atom is 0.316 e. The first-order valence-corrected chi connectivity index (χ1v) is 5.95. The van der Waals surface area contributed by atoms with E-state index in [2.05, 4.69) is 0 Å². The molecule has 0 radical (unpaired) electrons. The number of carboxylic acids is 1. The Morgan fingerprint density at radius 1 is 1.67 bits per heavy atom. The van der Waals surface area contributed by atoms with Crippen molar-refractivity contribution in [2.75, 3.05) is 0 Å². The highest BCUT2D eigenvalue weighted by molar-refractivity contribution is 8.00. The Morgan fingerprint density at radius 3 is 2.78 bits per heavy atom. The van der Waals surface area contributed by atoms with E-state index in [1.165, 1.54) is 12.1 Å². The minimum Gasteiger partial charge on any atom is -0.480 e. The van der Waals surface area contributed by atoms with Crippen molar-refractivity contribution < 1.29 is 14.8 Å². The van der Waals surface area contributed by atoms with Crippen LogP contribution >= 0.6 is 11.8 Å². The normalized spacial score (nSPS) is 11.6. The number of benzene rings is 1. The van der Waals surface area contributed by atoms with Gasteiger partial charge in [0.2, 0.25) is 0 Å². The highest BCUT2D eigenvalue weighted by Crippen LogP contribution is 2.30. The summed E-state index contributed by atoms with van der Waals surface area (Å²) in [5.74, 6) is -0.968. The Morgan fingerprint density at radius 2 is 2.33 bits per heavy atom. The fourth-order valence-corrected chi connectivity index (χ4v) is 2.24. The summed E-state index contributed by atoms with van der Waals surface area (Å²) in [6, 6.07) is 5.66. The monoisotopic (exact) mass is 266 g/mol. The minimum atomic E-state index is -0.968. The van der Waals surface area contributed by atoms with E-state index in [9.17, 15) is 14.9 Å². The van der Waals surface area contributed by atoms with Crippen LogP contribution in [0, 0.1) is 21.4 Å².